The van der Waals surface area contributed by atoms with Gasteiger partial charge in [-0.25, -0.2) is 4.98 Å². The van der Waals surface area contributed by atoms with Crippen molar-refractivity contribution in [1.29, 1.82) is 0 Å². The van der Waals surface area contributed by atoms with Crippen LogP contribution in [0.3, 0.4) is 0 Å². The van der Waals surface area contributed by atoms with E-state index in [4.69, 9.17) is 5.73 Å². The van der Waals surface area contributed by atoms with Gasteiger partial charge in [0.1, 0.15) is 11.9 Å². The van der Waals surface area contributed by atoms with E-state index in [1.165, 1.54) is 0 Å². The van der Waals surface area contributed by atoms with Gasteiger partial charge in [-0.15, -0.1) is 0 Å². The van der Waals surface area contributed by atoms with Crippen LogP contribution in [0.15, 0.2) is 36.4 Å². The number of hydrogen-bond acceptors (Lipinski definition) is 6. The second-order valence-electron chi connectivity index (χ2n) is 7.48. The first-order valence-corrected chi connectivity index (χ1v) is 9.64. The van der Waals surface area contributed by atoms with Crippen LogP contribution in [0, 0.1) is 0 Å². The highest BCUT2D eigenvalue weighted by Crippen LogP contribution is 2.28. The fourth-order valence-electron chi connectivity index (χ4n) is 3.82. The quantitative estimate of drug-likeness (QED) is 0.659. The van der Waals surface area contributed by atoms with Crippen LogP contribution in [-0.4, -0.2) is 33.6 Å². The molecule has 0 bridgehead atoms. The molecule has 2 unspecified atom stereocenters. The van der Waals surface area contributed by atoms with Crippen LogP contribution in [0.4, 0.5) is 5.82 Å². The molecular formula is C21H23N5O3. The minimum atomic E-state index is -0.594. The lowest BCUT2D eigenvalue weighted by Gasteiger charge is -2.29. The number of nitrogens with two attached hydrogens (primary N) is 1. The molecule has 29 heavy (non-hydrogen) atoms. The standard InChI is InChI=1S/C21H23N5O3/c1-12(16-3-2-4-18(22)24-16)23-10-13-5-6-15-14(9-13)11-26(21(15)29)17-7-8-19(27)25-20(17)28/h2-6,9,12,17,23H,7-8,10-11H2,1H3,(H2,22,24)(H,25,27,28). The molecular weight excluding hydrogens is 370 g/mol. The fourth-order valence-corrected chi connectivity index (χ4v) is 3.82. The van der Waals surface area contributed by atoms with Crippen LogP contribution >= 0.6 is 0 Å². The van der Waals surface area contributed by atoms with Gasteiger partial charge in [-0.2, -0.15) is 0 Å². The average Bonchev–Trinajstić information content (AvgIpc) is 3.02. The van der Waals surface area contributed by atoms with Gasteiger partial charge < -0.3 is 16.0 Å². The number of fused-ring (bicyclic) bond motifs is 1. The Labute approximate surface area is 168 Å². The van der Waals surface area contributed by atoms with Crippen molar-refractivity contribution in [2.24, 2.45) is 0 Å². The van der Waals surface area contributed by atoms with Crippen LogP contribution in [0.1, 0.15) is 53.0 Å². The minimum absolute atomic E-state index is 0.0216. The number of carbonyl (C=O) groups is 3. The highest BCUT2D eigenvalue weighted by molar-refractivity contribution is 6.05. The summed E-state index contributed by atoms with van der Waals surface area (Å²) in [5.41, 5.74) is 9.16. The van der Waals surface area contributed by atoms with Crippen molar-refractivity contribution in [3.05, 3.63) is 58.8 Å². The molecule has 3 heterocycles. The number of rotatable bonds is 5. The molecule has 150 valence electrons. The lowest BCUT2D eigenvalue weighted by atomic mass is 10.0. The number of anilines is 1. The van der Waals surface area contributed by atoms with Crippen molar-refractivity contribution < 1.29 is 14.4 Å². The Morgan fingerprint density at radius 3 is 2.86 bits per heavy atom. The van der Waals surface area contributed by atoms with E-state index in [-0.39, 0.29) is 24.3 Å². The van der Waals surface area contributed by atoms with Gasteiger partial charge >= 0.3 is 0 Å². The summed E-state index contributed by atoms with van der Waals surface area (Å²) in [4.78, 5) is 42.1. The number of benzene rings is 1. The number of nitrogen functional groups attached to an aromatic ring is 1. The van der Waals surface area contributed by atoms with Gasteiger partial charge in [0.05, 0.1) is 5.69 Å². The smallest absolute Gasteiger partial charge is 0.255 e. The van der Waals surface area contributed by atoms with Gasteiger partial charge in [0.25, 0.3) is 5.91 Å². The molecule has 3 amide bonds. The predicted octanol–water partition coefficient (Wildman–Crippen LogP) is 1.28. The number of nitrogens with one attached hydrogen (secondary N) is 2. The number of nitrogens with zero attached hydrogens (tertiary/aromatic N) is 2. The van der Waals surface area contributed by atoms with Crippen molar-refractivity contribution in [2.45, 2.75) is 44.9 Å². The van der Waals surface area contributed by atoms with Gasteiger partial charge in [0.2, 0.25) is 11.8 Å². The van der Waals surface area contributed by atoms with Crippen molar-refractivity contribution in [2.75, 3.05) is 5.73 Å². The molecule has 8 heteroatoms. The minimum Gasteiger partial charge on any atom is -0.384 e. The normalized spacial score (nSPS) is 19.8. The van der Waals surface area contributed by atoms with Gasteiger partial charge in [0.15, 0.2) is 0 Å². The Hall–Kier alpha value is -3.26. The van der Waals surface area contributed by atoms with Crippen molar-refractivity contribution in [1.82, 2.24) is 20.5 Å². The summed E-state index contributed by atoms with van der Waals surface area (Å²) in [5, 5.41) is 5.73. The van der Waals surface area contributed by atoms with E-state index in [0.29, 0.717) is 30.9 Å². The first kappa shape index (κ1) is 19.1. The molecule has 2 atom stereocenters. The van der Waals surface area contributed by atoms with E-state index in [9.17, 15) is 14.4 Å². The summed E-state index contributed by atoms with van der Waals surface area (Å²) < 4.78 is 0. The fraction of sp³-hybridized carbons (Fsp3) is 0.333. The molecule has 2 aliphatic heterocycles. The molecule has 8 nitrogen and oxygen atoms in total. The van der Waals surface area contributed by atoms with Crippen molar-refractivity contribution in [3.8, 4) is 0 Å². The summed E-state index contributed by atoms with van der Waals surface area (Å²) in [6.45, 7) is 3.00. The van der Waals surface area contributed by atoms with Crippen molar-refractivity contribution >= 4 is 23.5 Å². The van der Waals surface area contributed by atoms with Crippen LogP contribution in [0.2, 0.25) is 0 Å². The number of piperidine rings is 1. The number of hydrogen-bond donors (Lipinski definition) is 3. The zero-order chi connectivity index (χ0) is 20.5. The van der Waals surface area contributed by atoms with Crippen LogP contribution < -0.4 is 16.4 Å². The summed E-state index contributed by atoms with van der Waals surface area (Å²) in [6, 6.07) is 10.7. The second kappa shape index (κ2) is 7.63. The Balaban J connectivity index is 1.43. The zero-order valence-corrected chi connectivity index (χ0v) is 16.1. The monoisotopic (exact) mass is 393 g/mol. The summed E-state index contributed by atoms with van der Waals surface area (Å²) in [5.74, 6) is -0.354. The highest BCUT2D eigenvalue weighted by Gasteiger charge is 2.39. The first-order chi connectivity index (χ1) is 13.9. The molecule has 1 aromatic carbocycles. The maximum atomic E-state index is 12.7. The molecule has 4 N–H and O–H groups in total. The zero-order valence-electron chi connectivity index (χ0n) is 16.1. The van der Waals surface area contributed by atoms with E-state index < -0.39 is 11.9 Å². The predicted molar refractivity (Wildman–Crippen MR) is 106 cm³/mol. The largest absolute Gasteiger partial charge is 0.384 e. The maximum Gasteiger partial charge on any atom is 0.255 e. The molecule has 1 fully saturated rings. The van der Waals surface area contributed by atoms with E-state index in [2.05, 4.69) is 15.6 Å². The second-order valence-corrected chi connectivity index (χ2v) is 7.48. The van der Waals surface area contributed by atoms with Gasteiger partial charge in [-0.3, -0.25) is 19.7 Å². The van der Waals surface area contributed by atoms with Gasteiger partial charge in [0, 0.05) is 31.1 Å². The van der Waals surface area contributed by atoms with Crippen molar-refractivity contribution in [3.63, 3.8) is 0 Å². The van der Waals surface area contributed by atoms with Crippen LogP contribution in [0.5, 0.6) is 0 Å². The molecule has 1 aromatic heterocycles. The number of amides is 3. The summed E-state index contributed by atoms with van der Waals surface area (Å²) in [6.07, 6.45) is 0.616. The highest BCUT2D eigenvalue weighted by atomic mass is 16.2. The molecule has 0 spiro atoms. The van der Waals surface area contributed by atoms with E-state index in [0.717, 1.165) is 16.8 Å². The lowest BCUT2D eigenvalue weighted by Crippen LogP contribution is -2.52. The average molecular weight is 393 g/mol. The van der Waals surface area contributed by atoms with Gasteiger partial charge in [-0.1, -0.05) is 18.2 Å². The third kappa shape index (κ3) is 3.84. The van der Waals surface area contributed by atoms with E-state index >= 15 is 0 Å². The first-order valence-electron chi connectivity index (χ1n) is 9.64. The molecule has 2 aliphatic rings. The summed E-state index contributed by atoms with van der Waals surface area (Å²) >= 11 is 0. The van der Waals surface area contributed by atoms with Crippen LogP contribution in [-0.2, 0) is 22.7 Å². The van der Waals surface area contributed by atoms with Crippen LogP contribution in [0.25, 0.3) is 0 Å². The number of aromatic nitrogens is 1. The molecule has 4 rings (SSSR count). The lowest BCUT2D eigenvalue weighted by molar-refractivity contribution is -0.136. The van der Waals surface area contributed by atoms with Gasteiger partial charge in [-0.05, 0) is 42.7 Å². The molecule has 0 aliphatic carbocycles. The number of pyridine rings is 1. The Morgan fingerprint density at radius 1 is 1.28 bits per heavy atom. The Bertz CT molecular complexity index is 990. The van der Waals surface area contributed by atoms with E-state index in [1.54, 1.807) is 11.0 Å². The number of carbonyl (C=O) groups excluding carboxylic acids is 3. The molecule has 0 radical (unpaired) electrons. The molecule has 1 saturated heterocycles. The Kier molecular flexibility index (Phi) is 5.02. The molecule has 0 saturated carbocycles. The summed E-state index contributed by atoms with van der Waals surface area (Å²) in [7, 11) is 0. The topological polar surface area (TPSA) is 117 Å². The Morgan fingerprint density at radius 2 is 2.10 bits per heavy atom. The van der Waals surface area contributed by atoms with E-state index in [1.807, 2.05) is 37.3 Å². The third-order valence-corrected chi connectivity index (χ3v) is 5.44. The number of imide groups is 1. The molecule has 2 aromatic rings. The maximum absolute atomic E-state index is 12.7. The third-order valence-electron chi connectivity index (χ3n) is 5.44. The SMILES string of the molecule is CC(NCc1ccc2c(c1)CN(C1CCC(=O)NC1=O)C2=O)c1cccc(N)n1.